The van der Waals surface area contributed by atoms with Gasteiger partial charge in [-0.25, -0.2) is 9.59 Å². The molecule has 8 aromatic rings. The number of aryl methyl sites for hydroxylation is 4. The first-order chi connectivity index (χ1) is 31.5. The third kappa shape index (κ3) is 7.73. The van der Waals surface area contributed by atoms with E-state index in [-0.39, 0.29) is 11.4 Å². The molecule has 0 unspecified atom stereocenters. The second kappa shape index (κ2) is 15.7. The molecule has 5 fully saturated rings. The zero-order chi connectivity index (χ0) is 46.0. The number of hydrogen-bond acceptors (Lipinski definition) is 12. The molecule has 4 aliphatic carbocycles. The maximum Gasteiger partial charge on any atom is 0.497 e. The van der Waals surface area contributed by atoms with Crippen LogP contribution in [0.4, 0.5) is 0 Å². The lowest BCUT2D eigenvalue weighted by molar-refractivity contribution is 0.00578. The second-order valence-electron chi connectivity index (χ2n) is 19.7. The SMILES string of the molecule is Brc1c(C2CC2)noc1C1CC1.Cc1noc(C)c1-c1cc(-c2c(C3CC3)noc2C2CC2)c2[nH]c(=O)[nH]c2c1.Cc1noc(C)c1-c1cc(B2OC(C)(C)C(C)(C)O2)c2[nH]c(=O)[nH]c2c1. The van der Waals surface area contributed by atoms with Gasteiger partial charge in [0.15, 0.2) is 5.76 Å². The van der Waals surface area contributed by atoms with Crippen LogP contribution in [0.2, 0.25) is 0 Å². The number of halogens is 1. The standard InChI is InChI=1S/C21H20N4O3.C18H22BN3O4.C9H10BrNO/c1-9-16(10(2)27-24-9)13-7-14(19-15(8-13)22-21(26)23-19)17-18(11-3-4-11)25-28-20(17)12-5-6-12;1-9-14(10(2)24-22-9)11-7-12(15-13(8-11)20-16(23)21-15)19-25-17(3,4)18(5,6)26-19;10-7-8(5-1-2-5)11-12-9(7)6-3-4-6/h7-8,11-12H,3-6H2,1-2H3,(H2,22,23,26);7-8H,1-6H3,(H2,20,21,23);5-6H,1-4H2. The van der Waals surface area contributed by atoms with Gasteiger partial charge >= 0.3 is 18.5 Å². The lowest BCUT2D eigenvalue weighted by Crippen LogP contribution is -2.41. The molecule has 0 spiro atoms. The smallest absolute Gasteiger partial charge is 0.399 e. The number of hydrogen-bond donors (Lipinski definition) is 4. The summed E-state index contributed by atoms with van der Waals surface area (Å²) >= 11 is 3.58. The van der Waals surface area contributed by atoms with Crippen molar-refractivity contribution in [1.82, 2.24) is 40.6 Å². The Morgan fingerprint density at radius 3 is 1.56 bits per heavy atom. The monoisotopic (exact) mass is 958 g/mol. The van der Waals surface area contributed by atoms with Crippen LogP contribution in [0.25, 0.3) is 55.4 Å². The van der Waals surface area contributed by atoms with Gasteiger partial charge in [0, 0.05) is 45.8 Å². The van der Waals surface area contributed by atoms with E-state index in [1.54, 1.807) is 0 Å². The van der Waals surface area contributed by atoms with Gasteiger partial charge in [0.25, 0.3) is 0 Å². The molecule has 7 heterocycles. The van der Waals surface area contributed by atoms with Crippen molar-refractivity contribution < 1.29 is 27.4 Å². The maximum absolute atomic E-state index is 12.1. The molecule has 4 saturated carbocycles. The van der Waals surface area contributed by atoms with Gasteiger partial charge in [-0.1, -0.05) is 26.7 Å². The molecule has 1 saturated heterocycles. The normalized spacial score (nSPS) is 18.8. The molecule has 0 atom stereocenters. The van der Waals surface area contributed by atoms with Gasteiger partial charge in [-0.3, -0.25) is 0 Å². The van der Waals surface area contributed by atoms with Gasteiger partial charge in [0.2, 0.25) is 0 Å². The van der Waals surface area contributed by atoms with Crippen LogP contribution in [0.1, 0.15) is 149 Å². The Morgan fingerprint density at radius 1 is 0.561 bits per heavy atom. The molecule has 2 aromatic carbocycles. The summed E-state index contributed by atoms with van der Waals surface area (Å²) in [5.74, 6) is 5.77. The van der Waals surface area contributed by atoms with E-state index in [0.29, 0.717) is 34.7 Å². The second-order valence-corrected chi connectivity index (χ2v) is 20.5. The molecule has 1 aliphatic heterocycles. The van der Waals surface area contributed by atoms with Crippen molar-refractivity contribution in [2.75, 3.05) is 0 Å². The maximum atomic E-state index is 12.1. The Kier molecular flexibility index (Phi) is 10.2. The van der Waals surface area contributed by atoms with Crippen LogP contribution >= 0.6 is 15.9 Å². The zero-order valence-electron chi connectivity index (χ0n) is 38.3. The fourth-order valence-corrected chi connectivity index (χ4v) is 9.90. The van der Waals surface area contributed by atoms with Crippen LogP contribution in [-0.4, -0.2) is 58.9 Å². The van der Waals surface area contributed by atoms with E-state index in [4.69, 9.17) is 27.4 Å². The van der Waals surface area contributed by atoms with Crippen molar-refractivity contribution in [3.8, 4) is 33.4 Å². The van der Waals surface area contributed by atoms with Crippen LogP contribution in [-0.2, 0) is 9.31 Å². The van der Waals surface area contributed by atoms with Crippen molar-refractivity contribution >= 4 is 50.6 Å². The molecular weight excluding hydrogens is 907 g/mol. The van der Waals surface area contributed by atoms with Crippen LogP contribution in [0, 0.1) is 27.7 Å². The van der Waals surface area contributed by atoms with E-state index in [1.165, 1.54) is 25.7 Å². The molecule has 16 nitrogen and oxygen atoms in total. The number of rotatable bonds is 8. The van der Waals surface area contributed by atoms with Crippen molar-refractivity contribution in [1.29, 1.82) is 0 Å². The molecule has 13 rings (SSSR count). The first kappa shape index (κ1) is 42.9. The number of nitrogens with zero attached hydrogens (tertiary/aromatic N) is 4. The summed E-state index contributed by atoms with van der Waals surface area (Å²) < 4.78 is 35.4. The zero-order valence-corrected chi connectivity index (χ0v) is 39.9. The fourth-order valence-electron chi connectivity index (χ4n) is 9.10. The Bertz CT molecular complexity index is 3180. The largest absolute Gasteiger partial charge is 0.497 e. The number of H-pyrrole nitrogens is 4. The van der Waals surface area contributed by atoms with Gasteiger partial charge in [-0.15, -0.1) is 0 Å². The molecule has 0 amide bonds. The molecule has 0 bridgehead atoms. The van der Waals surface area contributed by atoms with Gasteiger partial charge in [-0.05, 0) is 152 Å². The lowest BCUT2D eigenvalue weighted by atomic mass is 9.76. The predicted molar refractivity (Wildman–Crippen MR) is 251 cm³/mol. The molecule has 6 aromatic heterocycles. The summed E-state index contributed by atoms with van der Waals surface area (Å²) in [6.07, 6.45) is 9.66. The third-order valence-corrected chi connectivity index (χ3v) is 14.8. The van der Waals surface area contributed by atoms with E-state index in [2.05, 4.69) is 62.6 Å². The first-order valence-electron chi connectivity index (χ1n) is 22.9. The van der Waals surface area contributed by atoms with Crippen LogP contribution in [0.15, 0.2) is 56.4 Å². The Balaban J connectivity index is 0.000000117. The molecule has 5 aliphatic rings. The molecular formula is C48H52BBrN8O8. The molecule has 4 N–H and O–H groups in total. The third-order valence-electron chi connectivity index (χ3n) is 14.0. The number of fused-ring (bicyclic) bond motifs is 2. The summed E-state index contributed by atoms with van der Waals surface area (Å²) in [5.41, 5.74) is 11.9. The number of nitrogens with one attached hydrogen (secondary N) is 4. The van der Waals surface area contributed by atoms with Gasteiger partial charge in [-0.2, -0.15) is 0 Å². The van der Waals surface area contributed by atoms with E-state index in [0.717, 1.165) is 126 Å². The minimum Gasteiger partial charge on any atom is -0.399 e. The van der Waals surface area contributed by atoms with Crippen LogP contribution < -0.4 is 16.8 Å². The predicted octanol–water partition coefficient (Wildman–Crippen LogP) is 10.2. The minimum absolute atomic E-state index is 0.218. The quantitative estimate of drug-likeness (QED) is 0.105. The average Bonchev–Trinajstić information content (AvgIpc) is 4.17. The highest BCUT2D eigenvalue weighted by Crippen LogP contribution is 2.53. The van der Waals surface area contributed by atoms with E-state index < -0.39 is 18.3 Å². The molecule has 66 heavy (non-hydrogen) atoms. The number of benzene rings is 2. The van der Waals surface area contributed by atoms with Crippen LogP contribution in [0.5, 0.6) is 0 Å². The fraction of sp³-hybridized carbons (Fsp3) is 0.458. The minimum atomic E-state index is -0.589. The van der Waals surface area contributed by atoms with Gasteiger partial charge < -0.3 is 47.3 Å². The lowest BCUT2D eigenvalue weighted by Gasteiger charge is -2.32. The van der Waals surface area contributed by atoms with Gasteiger partial charge in [0.05, 0.1) is 60.4 Å². The summed E-state index contributed by atoms with van der Waals surface area (Å²) in [6, 6.07) is 7.97. The first-order valence-corrected chi connectivity index (χ1v) is 23.7. The van der Waals surface area contributed by atoms with Crippen LogP contribution in [0.3, 0.4) is 0 Å². The average molecular weight is 960 g/mol. The van der Waals surface area contributed by atoms with E-state index in [1.807, 2.05) is 73.6 Å². The topological polar surface area (TPSA) is 220 Å². The van der Waals surface area contributed by atoms with Crippen molar-refractivity contribution in [3.05, 3.63) is 95.5 Å². The van der Waals surface area contributed by atoms with Gasteiger partial charge in [0.1, 0.15) is 23.0 Å². The number of imidazole rings is 2. The highest BCUT2D eigenvalue weighted by molar-refractivity contribution is 9.10. The van der Waals surface area contributed by atoms with Crippen molar-refractivity contribution in [3.63, 3.8) is 0 Å². The highest BCUT2D eigenvalue weighted by Gasteiger charge is 2.52. The van der Waals surface area contributed by atoms with E-state index >= 15 is 0 Å². The van der Waals surface area contributed by atoms with E-state index in [9.17, 15) is 9.59 Å². The molecule has 0 radical (unpaired) electrons. The Hall–Kier alpha value is -5.72. The summed E-state index contributed by atoms with van der Waals surface area (Å²) in [5, 5.41) is 16.7. The Morgan fingerprint density at radius 2 is 1.03 bits per heavy atom. The number of aromatic nitrogens is 8. The molecule has 18 heteroatoms. The summed E-state index contributed by atoms with van der Waals surface area (Å²) in [7, 11) is -0.589. The molecule has 342 valence electrons. The van der Waals surface area contributed by atoms with Crippen molar-refractivity contribution in [2.45, 2.75) is 142 Å². The summed E-state index contributed by atoms with van der Waals surface area (Å²) in [6.45, 7) is 15.6. The summed E-state index contributed by atoms with van der Waals surface area (Å²) in [4.78, 5) is 35.6. The number of aromatic amines is 4. The highest BCUT2D eigenvalue weighted by atomic mass is 79.9. The van der Waals surface area contributed by atoms with Crippen molar-refractivity contribution in [2.24, 2.45) is 0 Å². The Labute approximate surface area is 387 Å².